The van der Waals surface area contributed by atoms with Gasteiger partial charge in [0.25, 0.3) is 0 Å². The first-order chi connectivity index (χ1) is 8.95. The predicted molar refractivity (Wildman–Crippen MR) is 72.6 cm³/mol. The lowest BCUT2D eigenvalue weighted by atomic mass is 10.3. The van der Waals surface area contributed by atoms with Gasteiger partial charge >= 0.3 is 0 Å². The number of aliphatic hydroxyl groups excluding tert-OH is 1. The number of hydrogen-bond acceptors (Lipinski definition) is 5. The number of rotatable bonds is 5. The van der Waals surface area contributed by atoms with Crippen LogP contribution in [0.5, 0.6) is 5.75 Å². The molecule has 1 heterocycles. The summed E-state index contributed by atoms with van der Waals surface area (Å²) in [6, 6.07) is 1.65. The second-order valence-corrected chi connectivity index (χ2v) is 6.81. The van der Waals surface area contributed by atoms with Crippen LogP contribution in [0.25, 0.3) is 0 Å². The molecule has 0 atom stereocenters. The molecule has 1 aromatic heterocycles. The van der Waals surface area contributed by atoms with Crippen molar-refractivity contribution in [3.05, 3.63) is 24.0 Å². The molecule has 0 fully saturated rings. The molecule has 0 saturated heterocycles. The Morgan fingerprint density at radius 2 is 2.16 bits per heavy atom. The summed E-state index contributed by atoms with van der Waals surface area (Å²) in [7, 11) is -3.10. The number of aliphatic hydroxyl groups is 1. The summed E-state index contributed by atoms with van der Waals surface area (Å²) in [5.41, 5.74) is 0.610. The minimum atomic E-state index is -3.10. The molecule has 1 rings (SSSR count). The number of pyridine rings is 1. The molecular weight excluding hydrogens is 266 g/mol. The Bertz CT molecular complexity index is 570. The van der Waals surface area contributed by atoms with Crippen molar-refractivity contribution in [3.63, 3.8) is 0 Å². The van der Waals surface area contributed by atoms with Crippen LogP contribution in [0.4, 0.5) is 0 Å². The van der Waals surface area contributed by atoms with Gasteiger partial charge in [0.2, 0.25) is 0 Å². The molecule has 0 saturated carbocycles. The van der Waals surface area contributed by atoms with Crippen LogP contribution in [-0.2, 0) is 9.84 Å². The minimum Gasteiger partial charge on any atom is -0.491 e. The SMILES string of the molecule is CC(C)S(=O)(=O)CCOc1cncc(C#CCO)c1. The fourth-order valence-corrected chi connectivity index (χ4v) is 2.01. The number of ether oxygens (including phenoxy) is 1. The van der Waals surface area contributed by atoms with Gasteiger partial charge in [0.1, 0.15) is 19.0 Å². The van der Waals surface area contributed by atoms with Gasteiger partial charge in [0, 0.05) is 11.8 Å². The molecule has 0 radical (unpaired) electrons. The Kier molecular flexibility index (Phi) is 5.80. The number of sulfone groups is 1. The summed E-state index contributed by atoms with van der Waals surface area (Å²) in [5, 5.41) is 8.18. The molecule has 0 bridgehead atoms. The van der Waals surface area contributed by atoms with E-state index in [-0.39, 0.29) is 19.0 Å². The first-order valence-electron chi connectivity index (χ1n) is 5.85. The van der Waals surface area contributed by atoms with Gasteiger partial charge in [-0.25, -0.2) is 8.42 Å². The zero-order valence-corrected chi connectivity index (χ0v) is 11.8. The summed E-state index contributed by atoms with van der Waals surface area (Å²) in [6.45, 7) is 3.14. The first-order valence-corrected chi connectivity index (χ1v) is 7.56. The first kappa shape index (κ1) is 15.5. The summed E-state index contributed by atoms with van der Waals surface area (Å²) < 4.78 is 28.5. The zero-order chi connectivity index (χ0) is 14.3. The van der Waals surface area contributed by atoms with Gasteiger partial charge in [-0.1, -0.05) is 11.8 Å². The van der Waals surface area contributed by atoms with Crippen LogP contribution < -0.4 is 4.74 Å². The highest BCUT2D eigenvalue weighted by molar-refractivity contribution is 7.91. The van der Waals surface area contributed by atoms with Crippen molar-refractivity contribution in [3.8, 4) is 17.6 Å². The summed E-state index contributed by atoms with van der Waals surface area (Å²) in [5.74, 6) is 5.63. The van der Waals surface area contributed by atoms with E-state index in [9.17, 15) is 8.42 Å². The van der Waals surface area contributed by atoms with Crippen LogP contribution in [0.15, 0.2) is 18.5 Å². The van der Waals surface area contributed by atoms with Crippen molar-refractivity contribution in [2.45, 2.75) is 19.1 Å². The van der Waals surface area contributed by atoms with Gasteiger partial charge in [-0.3, -0.25) is 4.98 Å². The molecule has 5 nitrogen and oxygen atoms in total. The van der Waals surface area contributed by atoms with E-state index in [1.165, 1.54) is 6.20 Å². The van der Waals surface area contributed by atoms with Crippen molar-refractivity contribution in [2.75, 3.05) is 19.0 Å². The Balaban J connectivity index is 2.59. The highest BCUT2D eigenvalue weighted by Gasteiger charge is 2.15. The van der Waals surface area contributed by atoms with Crippen molar-refractivity contribution >= 4 is 9.84 Å². The van der Waals surface area contributed by atoms with E-state index in [1.807, 2.05) is 0 Å². The smallest absolute Gasteiger partial charge is 0.155 e. The molecule has 104 valence electrons. The van der Waals surface area contributed by atoms with E-state index in [2.05, 4.69) is 16.8 Å². The van der Waals surface area contributed by atoms with Gasteiger partial charge in [-0.2, -0.15) is 0 Å². The van der Waals surface area contributed by atoms with Crippen LogP contribution in [0, 0.1) is 11.8 Å². The number of hydrogen-bond donors (Lipinski definition) is 1. The maximum atomic E-state index is 11.6. The Hall–Kier alpha value is -1.58. The van der Waals surface area contributed by atoms with Crippen LogP contribution in [0.2, 0.25) is 0 Å². The van der Waals surface area contributed by atoms with E-state index >= 15 is 0 Å². The zero-order valence-electron chi connectivity index (χ0n) is 11.0. The van der Waals surface area contributed by atoms with Crippen LogP contribution >= 0.6 is 0 Å². The van der Waals surface area contributed by atoms with Crippen LogP contribution in [0.3, 0.4) is 0 Å². The lowest BCUT2D eigenvalue weighted by molar-refractivity contribution is 0.339. The van der Waals surface area contributed by atoms with Gasteiger partial charge in [0.15, 0.2) is 9.84 Å². The van der Waals surface area contributed by atoms with Crippen molar-refractivity contribution < 1.29 is 18.3 Å². The van der Waals surface area contributed by atoms with Crippen molar-refractivity contribution in [1.82, 2.24) is 4.98 Å². The molecule has 6 heteroatoms. The monoisotopic (exact) mass is 283 g/mol. The van der Waals surface area contributed by atoms with Crippen molar-refractivity contribution in [1.29, 1.82) is 0 Å². The molecule has 19 heavy (non-hydrogen) atoms. The van der Waals surface area contributed by atoms with Crippen LogP contribution in [-0.4, -0.2) is 42.7 Å². The Labute approximate surface area is 113 Å². The van der Waals surface area contributed by atoms with E-state index in [4.69, 9.17) is 9.84 Å². The second-order valence-electron chi connectivity index (χ2n) is 4.13. The highest BCUT2D eigenvalue weighted by atomic mass is 32.2. The van der Waals surface area contributed by atoms with Gasteiger partial charge in [-0.15, -0.1) is 0 Å². The molecule has 0 aliphatic carbocycles. The third kappa shape index (κ3) is 5.28. The fourth-order valence-electron chi connectivity index (χ4n) is 1.22. The highest BCUT2D eigenvalue weighted by Crippen LogP contribution is 2.11. The van der Waals surface area contributed by atoms with Gasteiger partial charge < -0.3 is 9.84 Å². The Morgan fingerprint density at radius 1 is 1.42 bits per heavy atom. The molecule has 0 aromatic carbocycles. The lowest BCUT2D eigenvalue weighted by Crippen LogP contribution is -2.22. The Morgan fingerprint density at radius 3 is 2.79 bits per heavy atom. The van der Waals surface area contributed by atoms with Crippen LogP contribution in [0.1, 0.15) is 19.4 Å². The third-order valence-electron chi connectivity index (χ3n) is 2.38. The second kappa shape index (κ2) is 7.12. The molecule has 1 aromatic rings. The summed E-state index contributed by atoms with van der Waals surface area (Å²) in [4.78, 5) is 3.93. The molecule has 0 aliphatic heterocycles. The van der Waals surface area contributed by atoms with E-state index < -0.39 is 15.1 Å². The van der Waals surface area contributed by atoms with Crippen molar-refractivity contribution in [2.24, 2.45) is 0 Å². The third-order valence-corrected chi connectivity index (χ3v) is 4.55. The standard InChI is InChI=1S/C13H17NO4S/c1-11(2)19(16,17)7-6-18-13-8-12(4-3-5-15)9-14-10-13/h8-11,15H,5-7H2,1-2H3. The summed E-state index contributed by atoms with van der Waals surface area (Å²) >= 11 is 0. The number of aromatic nitrogens is 1. The van der Waals surface area contributed by atoms with E-state index in [0.29, 0.717) is 11.3 Å². The average molecular weight is 283 g/mol. The quantitative estimate of drug-likeness (QED) is 0.802. The molecule has 0 amide bonds. The molecule has 0 spiro atoms. The summed E-state index contributed by atoms with van der Waals surface area (Å²) in [6.07, 6.45) is 3.03. The topological polar surface area (TPSA) is 76.5 Å². The normalized spacial score (nSPS) is 10.9. The van der Waals surface area contributed by atoms with E-state index in [1.54, 1.807) is 26.1 Å². The lowest BCUT2D eigenvalue weighted by Gasteiger charge is -2.09. The predicted octanol–water partition coefficient (Wildman–Crippen LogP) is 0.627. The van der Waals surface area contributed by atoms with E-state index in [0.717, 1.165) is 0 Å². The fraction of sp³-hybridized carbons (Fsp3) is 0.462. The molecular formula is C13H17NO4S. The molecule has 0 aliphatic rings. The molecule has 0 unspecified atom stereocenters. The maximum Gasteiger partial charge on any atom is 0.155 e. The number of nitrogens with zero attached hydrogens (tertiary/aromatic N) is 1. The van der Waals surface area contributed by atoms with Gasteiger partial charge in [-0.05, 0) is 19.9 Å². The maximum absolute atomic E-state index is 11.6. The van der Waals surface area contributed by atoms with Gasteiger partial charge in [0.05, 0.1) is 17.2 Å². The minimum absolute atomic E-state index is 0.0305. The largest absolute Gasteiger partial charge is 0.491 e. The molecule has 1 N–H and O–H groups in total. The average Bonchev–Trinajstić information content (AvgIpc) is 2.36.